The maximum Gasteiger partial charge on any atom is 0.328 e. The van der Waals surface area contributed by atoms with Crippen molar-refractivity contribution in [2.24, 2.45) is 5.73 Å². The van der Waals surface area contributed by atoms with Gasteiger partial charge in [-0.1, -0.05) is 25.5 Å². The highest BCUT2D eigenvalue weighted by molar-refractivity contribution is 7.09. The zero-order valence-electron chi connectivity index (χ0n) is 19.9. The molecule has 0 fully saturated rings. The number of carbonyl (C=O) groups excluding carboxylic acids is 1. The van der Waals surface area contributed by atoms with Gasteiger partial charge in [-0.2, -0.15) is 0 Å². The number of fused-ring (bicyclic) bond motifs is 1. The van der Waals surface area contributed by atoms with E-state index in [1.165, 1.54) is 17.6 Å². The monoisotopic (exact) mass is 550 g/mol. The van der Waals surface area contributed by atoms with Gasteiger partial charge in [0.1, 0.15) is 29.4 Å². The van der Waals surface area contributed by atoms with Crippen LogP contribution in [0, 0.1) is 6.92 Å². The number of aromatic hydroxyl groups is 1. The van der Waals surface area contributed by atoms with Crippen molar-refractivity contribution in [2.45, 2.75) is 45.6 Å². The van der Waals surface area contributed by atoms with Gasteiger partial charge in [-0.15, -0.1) is 36.2 Å². The number of phenolic OH excluding ortho intramolecular Hbond substituents is 1. The van der Waals surface area contributed by atoms with Crippen LogP contribution in [0.2, 0.25) is 0 Å². The van der Waals surface area contributed by atoms with Crippen molar-refractivity contribution >= 4 is 53.1 Å². The minimum absolute atomic E-state index is 0. The Bertz CT molecular complexity index is 1390. The van der Waals surface area contributed by atoms with Gasteiger partial charge in [0.05, 0.1) is 21.7 Å². The van der Waals surface area contributed by atoms with Gasteiger partial charge in [-0.05, 0) is 55.5 Å². The third-order valence-corrected chi connectivity index (χ3v) is 6.33. The number of aryl methyl sites for hydroxylation is 2. The number of rotatable bonds is 8. The molecule has 0 amide bonds. The van der Waals surface area contributed by atoms with E-state index in [1.807, 2.05) is 12.3 Å². The Morgan fingerprint density at radius 3 is 2.58 bits per heavy atom. The minimum atomic E-state index is -0.887. The highest BCUT2D eigenvalue weighted by Crippen LogP contribution is 2.29. The predicted octanol–water partition coefficient (Wildman–Crippen LogP) is 5.59. The Labute approximate surface area is 225 Å². The molecule has 0 saturated heterocycles. The van der Waals surface area contributed by atoms with Crippen molar-refractivity contribution in [2.75, 3.05) is 0 Å². The van der Waals surface area contributed by atoms with Crippen molar-refractivity contribution in [1.29, 1.82) is 0 Å². The van der Waals surface area contributed by atoms with Gasteiger partial charge in [0.25, 0.3) is 0 Å². The van der Waals surface area contributed by atoms with Crippen LogP contribution in [-0.2, 0) is 17.6 Å². The molecular formula is C26H28Cl2N2O5S. The Hall–Kier alpha value is -2.91. The predicted molar refractivity (Wildman–Crippen MR) is 147 cm³/mol. The lowest BCUT2D eigenvalue weighted by Gasteiger charge is -2.15. The van der Waals surface area contributed by atoms with E-state index in [1.54, 1.807) is 36.4 Å². The number of aromatic nitrogens is 1. The first-order valence-corrected chi connectivity index (χ1v) is 12.0. The smallest absolute Gasteiger partial charge is 0.328 e. The standard InChI is InChI=1S/C26H26N2O5S.2ClH/c1-3-4-5-17-11-19-24(32-13-20(25(19)30)22-14-34-15(2)28-22)12-23(17)33-26(31)21(27)10-16-6-8-18(29)9-7-16;;/h6-9,11-14,21,29H,3-5,10,27H2,1-2H3;2*1H/t21-;;/m1../s1. The molecule has 0 unspecified atom stereocenters. The van der Waals surface area contributed by atoms with E-state index in [-0.39, 0.29) is 42.4 Å². The van der Waals surface area contributed by atoms with Crippen LogP contribution >= 0.6 is 36.2 Å². The number of halogens is 2. The van der Waals surface area contributed by atoms with Gasteiger partial charge in [-0.3, -0.25) is 4.79 Å². The fourth-order valence-corrected chi connectivity index (χ4v) is 4.29. The van der Waals surface area contributed by atoms with Crippen LogP contribution in [0.15, 0.2) is 57.3 Å². The van der Waals surface area contributed by atoms with Crippen LogP contribution in [-0.4, -0.2) is 22.1 Å². The van der Waals surface area contributed by atoms with E-state index in [0.717, 1.165) is 29.0 Å². The van der Waals surface area contributed by atoms with Gasteiger partial charge in [-0.25, -0.2) is 9.78 Å². The second-order valence-electron chi connectivity index (χ2n) is 8.19. The van der Waals surface area contributed by atoms with Gasteiger partial charge in [0.15, 0.2) is 0 Å². The second kappa shape index (κ2) is 12.9. The summed E-state index contributed by atoms with van der Waals surface area (Å²) in [5, 5.41) is 12.5. The summed E-state index contributed by atoms with van der Waals surface area (Å²) in [6.45, 7) is 3.95. The zero-order chi connectivity index (χ0) is 24.2. The molecule has 0 aliphatic heterocycles. The fraction of sp³-hybridized carbons (Fsp3) is 0.269. The number of nitrogens with zero attached hydrogens (tertiary/aromatic N) is 1. The number of nitrogens with two attached hydrogens (primary N) is 1. The van der Waals surface area contributed by atoms with E-state index in [2.05, 4.69) is 11.9 Å². The van der Waals surface area contributed by atoms with Crippen LogP contribution < -0.4 is 15.9 Å². The number of phenols is 1. The molecule has 0 radical (unpaired) electrons. The molecule has 2 aromatic heterocycles. The number of hydrogen-bond acceptors (Lipinski definition) is 8. The van der Waals surface area contributed by atoms with E-state index in [0.29, 0.717) is 34.4 Å². The summed E-state index contributed by atoms with van der Waals surface area (Å²) < 4.78 is 11.4. The molecule has 1 atom stereocenters. The largest absolute Gasteiger partial charge is 0.508 e. The van der Waals surface area contributed by atoms with Gasteiger partial charge in [0.2, 0.25) is 5.43 Å². The van der Waals surface area contributed by atoms with Gasteiger partial charge >= 0.3 is 5.97 Å². The number of benzene rings is 2. The SMILES string of the molecule is CCCCc1cc2c(=O)c(-c3csc(C)n3)coc2cc1OC(=O)[C@H](N)Cc1ccc(O)cc1.Cl.Cl. The van der Waals surface area contributed by atoms with Crippen molar-refractivity contribution in [3.8, 4) is 22.8 Å². The summed E-state index contributed by atoms with van der Waals surface area (Å²) in [5.74, 6) is -0.0965. The van der Waals surface area contributed by atoms with Crippen molar-refractivity contribution in [3.63, 3.8) is 0 Å². The molecule has 0 bridgehead atoms. The van der Waals surface area contributed by atoms with Gasteiger partial charge < -0.3 is 20.0 Å². The van der Waals surface area contributed by atoms with Crippen molar-refractivity contribution in [3.05, 3.63) is 74.4 Å². The maximum absolute atomic E-state index is 13.2. The molecule has 7 nitrogen and oxygen atoms in total. The molecular weight excluding hydrogens is 523 g/mol. The van der Waals surface area contributed by atoms with E-state index in [4.69, 9.17) is 14.9 Å². The molecule has 3 N–H and O–H groups in total. The Morgan fingerprint density at radius 2 is 1.94 bits per heavy atom. The summed E-state index contributed by atoms with van der Waals surface area (Å²) in [6.07, 6.45) is 4.11. The lowest BCUT2D eigenvalue weighted by Crippen LogP contribution is -2.36. The quantitative estimate of drug-likeness (QED) is 0.217. The highest BCUT2D eigenvalue weighted by Gasteiger charge is 2.20. The number of ether oxygens (including phenoxy) is 1. The lowest BCUT2D eigenvalue weighted by molar-refractivity contribution is -0.135. The van der Waals surface area contributed by atoms with Crippen LogP contribution in [0.25, 0.3) is 22.2 Å². The molecule has 0 aliphatic carbocycles. The Morgan fingerprint density at radius 1 is 1.22 bits per heavy atom. The first-order chi connectivity index (χ1) is 16.4. The zero-order valence-corrected chi connectivity index (χ0v) is 22.3. The minimum Gasteiger partial charge on any atom is -0.508 e. The number of hydrogen-bond donors (Lipinski definition) is 2. The fourth-order valence-electron chi connectivity index (χ4n) is 3.68. The first kappa shape index (κ1) is 29.3. The number of thiazole rings is 1. The maximum atomic E-state index is 13.2. The normalized spacial score (nSPS) is 11.4. The summed E-state index contributed by atoms with van der Waals surface area (Å²) in [6, 6.07) is 8.95. The van der Waals surface area contributed by atoms with Crippen molar-refractivity contribution < 1.29 is 19.1 Å². The molecule has 0 aliphatic rings. The lowest BCUT2D eigenvalue weighted by atomic mass is 10.0. The Balaban J connectivity index is 0.00000228. The molecule has 0 saturated carbocycles. The summed E-state index contributed by atoms with van der Waals surface area (Å²) in [7, 11) is 0. The van der Waals surface area contributed by atoms with Crippen LogP contribution in [0.5, 0.6) is 11.5 Å². The van der Waals surface area contributed by atoms with E-state index in [9.17, 15) is 14.7 Å². The first-order valence-electron chi connectivity index (χ1n) is 11.1. The third kappa shape index (κ3) is 6.64. The molecule has 4 aromatic rings. The van der Waals surface area contributed by atoms with Crippen LogP contribution in [0.1, 0.15) is 35.9 Å². The molecule has 36 heavy (non-hydrogen) atoms. The number of unbranched alkanes of at least 4 members (excludes halogenated alkanes) is 1. The summed E-state index contributed by atoms with van der Waals surface area (Å²) in [5.41, 5.74) is 8.79. The van der Waals surface area contributed by atoms with Gasteiger partial charge in [0, 0.05) is 11.4 Å². The highest BCUT2D eigenvalue weighted by atomic mass is 35.5. The molecule has 10 heteroatoms. The molecule has 192 valence electrons. The average Bonchev–Trinajstić information content (AvgIpc) is 3.25. The summed E-state index contributed by atoms with van der Waals surface area (Å²) in [4.78, 5) is 30.3. The second-order valence-corrected chi connectivity index (χ2v) is 9.25. The van der Waals surface area contributed by atoms with E-state index >= 15 is 0 Å². The topological polar surface area (TPSA) is 116 Å². The Kier molecular flexibility index (Phi) is 10.5. The van der Waals surface area contributed by atoms with E-state index < -0.39 is 12.0 Å². The van der Waals surface area contributed by atoms with Crippen LogP contribution in [0.3, 0.4) is 0 Å². The molecule has 0 spiro atoms. The number of esters is 1. The van der Waals surface area contributed by atoms with Crippen molar-refractivity contribution in [1.82, 2.24) is 4.98 Å². The summed E-state index contributed by atoms with van der Waals surface area (Å²) >= 11 is 1.47. The molecule has 4 rings (SSSR count). The average molecular weight is 551 g/mol. The third-order valence-electron chi connectivity index (χ3n) is 5.56. The number of carbonyl (C=O) groups is 1. The van der Waals surface area contributed by atoms with Crippen LogP contribution in [0.4, 0.5) is 0 Å². The molecule has 2 aromatic carbocycles. The molecule has 2 heterocycles.